The third kappa shape index (κ3) is 4.00. The van der Waals surface area contributed by atoms with Crippen molar-refractivity contribution in [3.8, 4) is 0 Å². The molecule has 9 heteroatoms. The van der Waals surface area contributed by atoms with E-state index in [1.807, 2.05) is 0 Å². The Morgan fingerprint density at radius 1 is 1.42 bits per heavy atom. The van der Waals surface area contributed by atoms with Gasteiger partial charge in [-0.25, -0.2) is 0 Å². The molecule has 0 aliphatic rings. The predicted molar refractivity (Wildman–Crippen MR) is 70.5 cm³/mol. The van der Waals surface area contributed by atoms with Gasteiger partial charge in [-0.2, -0.15) is 0 Å². The van der Waals surface area contributed by atoms with Crippen LogP contribution in [0.3, 0.4) is 0 Å². The van der Waals surface area contributed by atoms with Gasteiger partial charge in [0.15, 0.2) is 4.34 Å². The Morgan fingerprint density at radius 3 is 2.95 bits per heavy atom. The lowest BCUT2D eigenvalue weighted by molar-refractivity contribution is -0.133. The maximum Gasteiger partial charge on any atom is 0.313 e. The molecule has 0 saturated heterocycles. The van der Waals surface area contributed by atoms with Crippen LogP contribution >= 0.6 is 23.1 Å². The lowest BCUT2D eigenvalue weighted by Gasteiger charge is -1.99. The maximum atomic E-state index is 11.8. The summed E-state index contributed by atoms with van der Waals surface area (Å²) in [7, 11) is 0. The van der Waals surface area contributed by atoms with Crippen LogP contribution in [0.25, 0.3) is 0 Å². The molecule has 0 aromatic carbocycles. The van der Waals surface area contributed by atoms with Crippen molar-refractivity contribution in [2.45, 2.75) is 4.34 Å². The van der Waals surface area contributed by atoms with Gasteiger partial charge < -0.3 is 5.11 Å². The molecule has 0 radical (unpaired) electrons. The number of nitrogens with one attached hydrogen (secondary N) is 1. The highest BCUT2D eigenvalue weighted by atomic mass is 32.2. The minimum absolute atomic E-state index is 0.0921. The molecule has 0 aliphatic heterocycles. The maximum absolute atomic E-state index is 11.8. The molecule has 1 amide bonds. The van der Waals surface area contributed by atoms with Crippen molar-refractivity contribution >= 4 is 40.1 Å². The first kappa shape index (κ1) is 13.4. The van der Waals surface area contributed by atoms with E-state index in [1.54, 1.807) is 18.3 Å². The summed E-state index contributed by atoms with van der Waals surface area (Å²) in [6.45, 7) is 0. The van der Waals surface area contributed by atoms with Crippen molar-refractivity contribution in [1.29, 1.82) is 0 Å². The molecule has 2 N–H and O–H groups in total. The van der Waals surface area contributed by atoms with E-state index in [-0.39, 0.29) is 11.7 Å². The van der Waals surface area contributed by atoms with Crippen LogP contribution < -0.4 is 5.32 Å². The monoisotopic (exact) mass is 296 g/mol. The van der Waals surface area contributed by atoms with Gasteiger partial charge in [-0.3, -0.25) is 19.9 Å². The molecular weight excluding hydrogens is 288 g/mol. The van der Waals surface area contributed by atoms with E-state index in [2.05, 4.69) is 20.5 Å². The molecule has 2 aromatic heterocycles. The topological polar surface area (TPSA) is 105 Å². The summed E-state index contributed by atoms with van der Waals surface area (Å²) in [6.07, 6.45) is 3.01. The van der Waals surface area contributed by atoms with Gasteiger partial charge in [0.1, 0.15) is 0 Å². The Kier molecular flexibility index (Phi) is 4.42. The van der Waals surface area contributed by atoms with E-state index in [1.165, 1.54) is 6.20 Å². The van der Waals surface area contributed by atoms with Crippen molar-refractivity contribution < 1.29 is 14.7 Å². The summed E-state index contributed by atoms with van der Waals surface area (Å²) in [5.74, 6) is -1.36. The molecule has 2 aromatic rings. The van der Waals surface area contributed by atoms with Gasteiger partial charge in [0, 0.05) is 12.4 Å². The number of carboxylic acids is 1. The first-order chi connectivity index (χ1) is 9.15. The van der Waals surface area contributed by atoms with Crippen molar-refractivity contribution in [2.24, 2.45) is 0 Å². The fraction of sp³-hybridized carbons (Fsp3) is 0.100. The van der Waals surface area contributed by atoms with E-state index in [4.69, 9.17) is 5.11 Å². The summed E-state index contributed by atoms with van der Waals surface area (Å²) in [5.41, 5.74) is 0.414. The molecule has 0 unspecified atom stereocenters. The van der Waals surface area contributed by atoms with Gasteiger partial charge >= 0.3 is 5.97 Å². The van der Waals surface area contributed by atoms with Gasteiger partial charge in [-0.15, -0.1) is 10.2 Å². The van der Waals surface area contributed by atoms with Crippen LogP contribution in [-0.4, -0.2) is 37.9 Å². The standard InChI is InChI=1S/C10H8N4O3S2/c15-7(16)5-18-10-14-13-9(19-10)12-8(17)6-2-1-3-11-4-6/h1-4H,5H2,(H,15,16)(H,12,13,17). The fourth-order valence-corrected chi connectivity index (χ4v) is 2.58. The molecular formula is C10H8N4O3S2. The quantitative estimate of drug-likeness (QED) is 0.634. The van der Waals surface area contributed by atoms with Crippen LogP contribution in [0.5, 0.6) is 0 Å². The molecule has 7 nitrogen and oxygen atoms in total. The van der Waals surface area contributed by atoms with Crippen LogP contribution in [-0.2, 0) is 4.79 Å². The van der Waals surface area contributed by atoms with E-state index >= 15 is 0 Å². The Labute approximate surface area is 116 Å². The van der Waals surface area contributed by atoms with Crippen LogP contribution in [0.4, 0.5) is 5.13 Å². The SMILES string of the molecule is O=C(O)CSc1nnc(NC(=O)c2cccnc2)s1. The number of nitrogens with zero attached hydrogens (tertiary/aromatic N) is 3. The van der Waals surface area contributed by atoms with Crippen molar-refractivity contribution in [3.05, 3.63) is 30.1 Å². The second kappa shape index (κ2) is 6.25. The van der Waals surface area contributed by atoms with E-state index in [0.29, 0.717) is 15.0 Å². The normalized spacial score (nSPS) is 10.1. The van der Waals surface area contributed by atoms with Crippen LogP contribution in [0.2, 0.25) is 0 Å². The highest BCUT2D eigenvalue weighted by Crippen LogP contribution is 2.25. The Bertz CT molecular complexity index is 587. The Morgan fingerprint density at radius 2 is 2.26 bits per heavy atom. The molecule has 2 rings (SSSR count). The van der Waals surface area contributed by atoms with Gasteiger partial charge in [-0.1, -0.05) is 23.1 Å². The molecule has 0 fully saturated rings. The summed E-state index contributed by atoms with van der Waals surface area (Å²) in [5, 5.41) is 19.0. The van der Waals surface area contributed by atoms with Crippen molar-refractivity contribution in [1.82, 2.24) is 15.2 Å². The predicted octanol–water partition coefficient (Wildman–Crippen LogP) is 1.36. The molecule has 0 bridgehead atoms. The molecule has 0 atom stereocenters. The van der Waals surface area contributed by atoms with E-state index in [9.17, 15) is 9.59 Å². The number of carbonyl (C=O) groups excluding carboxylic acids is 1. The summed E-state index contributed by atoms with van der Waals surface area (Å²) in [4.78, 5) is 26.0. The fourth-order valence-electron chi connectivity index (χ4n) is 1.11. The van der Waals surface area contributed by atoms with Crippen molar-refractivity contribution in [3.63, 3.8) is 0 Å². The zero-order valence-corrected chi connectivity index (χ0v) is 11.1. The van der Waals surface area contributed by atoms with E-state index < -0.39 is 5.97 Å². The van der Waals surface area contributed by atoms with Gasteiger partial charge in [0.05, 0.1) is 11.3 Å². The number of carbonyl (C=O) groups is 2. The highest BCUT2D eigenvalue weighted by Gasteiger charge is 2.11. The molecule has 0 saturated carbocycles. The number of amides is 1. The molecule has 0 aliphatic carbocycles. The third-order valence-electron chi connectivity index (χ3n) is 1.87. The summed E-state index contributed by atoms with van der Waals surface area (Å²) >= 11 is 2.18. The third-order valence-corrected chi connectivity index (χ3v) is 3.83. The number of hydrogen-bond acceptors (Lipinski definition) is 7. The number of pyridine rings is 1. The zero-order valence-electron chi connectivity index (χ0n) is 9.44. The first-order valence-electron chi connectivity index (χ1n) is 5.04. The molecule has 98 valence electrons. The van der Waals surface area contributed by atoms with Crippen LogP contribution in [0.15, 0.2) is 28.9 Å². The van der Waals surface area contributed by atoms with Crippen molar-refractivity contribution in [2.75, 3.05) is 11.1 Å². The van der Waals surface area contributed by atoms with Crippen LogP contribution in [0.1, 0.15) is 10.4 Å². The number of carboxylic acid groups (broad SMARTS) is 1. The number of hydrogen-bond donors (Lipinski definition) is 2. The Hall–Kier alpha value is -2.00. The lowest BCUT2D eigenvalue weighted by atomic mass is 10.3. The average Bonchev–Trinajstić information content (AvgIpc) is 2.85. The summed E-state index contributed by atoms with van der Waals surface area (Å²) in [6, 6.07) is 3.28. The summed E-state index contributed by atoms with van der Waals surface area (Å²) < 4.78 is 0.490. The number of aliphatic carboxylic acids is 1. The first-order valence-corrected chi connectivity index (χ1v) is 6.85. The smallest absolute Gasteiger partial charge is 0.313 e. The Balaban J connectivity index is 1.96. The van der Waals surface area contributed by atoms with E-state index in [0.717, 1.165) is 23.1 Å². The molecule has 0 spiro atoms. The molecule has 2 heterocycles. The number of aromatic nitrogens is 3. The van der Waals surface area contributed by atoms with Gasteiger partial charge in [0.25, 0.3) is 5.91 Å². The highest BCUT2D eigenvalue weighted by molar-refractivity contribution is 8.01. The minimum atomic E-state index is -0.929. The molecule has 19 heavy (non-hydrogen) atoms. The second-order valence-electron chi connectivity index (χ2n) is 3.25. The van der Waals surface area contributed by atoms with Gasteiger partial charge in [0.2, 0.25) is 5.13 Å². The number of anilines is 1. The average molecular weight is 296 g/mol. The largest absolute Gasteiger partial charge is 0.481 e. The lowest BCUT2D eigenvalue weighted by Crippen LogP contribution is -2.11. The number of thioether (sulfide) groups is 1. The second-order valence-corrected chi connectivity index (χ2v) is 5.45. The minimum Gasteiger partial charge on any atom is -0.481 e. The van der Waals surface area contributed by atoms with Crippen LogP contribution in [0, 0.1) is 0 Å². The van der Waals surface area contributed by atoms with Gasteiger partial charge in [-0.05, 0) is 12.1 Å². The zero-order chi connectivity index (χ0) is 13.7. The number of rotatable bonds is 5.